The van der Waals surface area contributed by atoms with Gasteiger partial charge in [0.25, 0.3) is 5.89 Å². The van der Waals surface area contributed by atoms with Gasteiger partial charge in [-0.1, -0.05) is 23.7 Å². The van der Waals surface area contributed by atoms with E-state index in [0.29, 0.717) is 16.3 Å². The molecule has 8 nitrogen and oxygen atoms in total. The molecule has 0 unspecified atom stereocenters. The first kappa shape index (κ1) is 14.5. The van der Waals surface area contributed by atoms with Crippen molar-refractivity contribution in [1.82, 2.24) is 20.0 Å². The normalized spacial score (nSPS) is 11.0. The van der Waals surface area contributed by atoms with Crippen molar-refractivity contribution >= 4 is 11.6 Å². The maximum atomic E-state index is 11.9. The van der Waals surface area contributed by atoms with Crippen LogP contribution in [0.1, 0.15) is 5.89 Å². The SMILES string of the molecule is O=c1oc(-c2ccco2)nn1Cc1nnc(-c2ccccc2Cl)o1. The molecular weight excluding hydrogens is 336 g/mol. The summed E-state index contributed by atoms with van der Waals surface area (Å²) in [5, 5.41) is 12.4. The Morgan fingerprint density at radius 3 is 2.71 bits per heavy atom. The molecule has 3 aromatic heterocycles. The first-order valence-corrected chi connectivity index (χ1v) is 7.27. The maximum Gasteiger partial charge on any atom is 0.437 e. The van der Waals surface area contributed by atoms with E-state index in [1.54, 1.807) is 30.3 Å². The van der Waals surface area contributed by atoms with Gasteiger partial charge in [0.1, 0.15) is 6.54 Å². The third-order valence-electron chi connectivity index (χ3n) is 3.19. The minimum Gasteiger partial charge on any atom is -0.459 e. The number of rotatable bonds is 4. The van der Waals surface area contributed by atoms with Gasteiger partial charge in [-0.3, -0.25) is 0 Å². The number of benzene rings is 1. The van der Waals surface area contributed by atoms with Crippen molar-refractivity contribution in [3.8, 4) is 23.1 Å². The summed E-state index contributed by atoms with van der Waals surface area (Å²) in [6.07, 6.45) is 1.46. The van der Waals surface area contributed by atoms with Crippen LogP contribution >= 0.6 is 11.6 Å². The van der Waals surface area contributed by atoms with E-state index in [4.69, 9.17) is 24.9 Å². The molecule has 0 aliphatic rings. The summed E-state index contributed by atoms with van der Waals surface area (Å²) in [6.45, 7) is -0.0273. The Morgan fingerprint density at radius 1 is 1.04 bits per heavy atom. The first-order valence-electron chi connectivity index (χ1n) is 6.90. The molecule has 120 valence electrons. The van der Waals surface area contributed by atoms with E-state index in [-0.39, 0.29) is 24.2 Å². The predicted octanol–water partition coefficient (Wildman–Crippen LogP) is 2.85. The van der Waals surface area contributed by atoms with Crippen LogP contribution in [0.2, 0.25) is 5.02 Å². The number of furan rings is 1. The third kappa shape index (κ3) is 2.63. The predicted molar refractivity (Wildman–Crippen MR) is 82.3 cm³/mol. The summed E-state index contributed by atoms with van der Waals surface area (Å²) in [6, 6.07) is 10.4. The van der Waals surface area contributed by atoms with Crippen molar-refractivity contribution < 1.29 is 13.3 Å². The van der Waals surface area contributed by atoms with Crippen LogP contribution < -0.4 is 5.76 Å². The van der Waals surface area contributed by atoms with Gasteiger partial charge in [-0.2, -0.15) is 4.68 Å². The first-order chi connectivity index (χ1) is 11.7. The van der Waals surface area contributed by atoms with Crippen LogP contribution in [0.5, 0.6) is 0 Å². The lowest BCUT2D eigenvalue weighted by Gasteiger charge is -1.96. The molecule has 0 bridgehead atoms. The molecule has 3 heterocycles. The Kier molecular flexibility index (Phi) is 3.51. The zero-order chi connectivity index (χ0) is 16.5. The molecule has 0 N–H and O–H groups in total. The topological polar surface area (TPSA) is 100 Å². The van der Waals surface area contributed by atoms with Crippen molar-refractivity contribution in [2.75, 3.05) is 0 Å². The van der Waals surface area contributed by atoms with E-state index in [1.165, 1.54) is 6.26 Å². The highest BCUT2D eigenvalue weighted by molar-refractivity contribution is 6.33. The molecule has 0 atom stereocenters. The number of hydrogen-bond acceptors (Lipinski definition) is 7. The summed E-state index contributed by atoms with van der Waals surface area (Å²) >= 11 is 6.09. The van der Waals surface area contributed by atoms with Crippen LogP contribution in [0.4, 0.5) is 0 Å². The lowest BCUT2D eigenvalue weighted by molar-refractivity contribution is 0.442. The van der Waals surface area contributed by atoms with Crippen molar-refractivity contribution in [1.29, 1.82) is 0 Å². The average Bonchev–Trinajstić information content (AvgIpc) is 3.30. The lowest BCUT2D eigenvalue weighted by Crippen LogP contribution is -2.16. The van der Waals surface area contributed by atoms with Crippen molar-refractivity contribution in [2.45, 2.75) is 6.54 Å². The smallest absolute Gasteiger partial charge is 0.437 e. The second-order valence-electron chi connectivity index (χ2n) is 4.79. The second kappa shape index (κ2) is 5.82. The van der Waals surface area contributed by atoms with Gasteiger partial charge in [0.05, 0.1) is 16.8 Å². The number of nitrogens with zero attached hydrogens (tertiary/aromatic N) is 4. The summed E-state index contributed by atoms with van der Waals surface area (Å²) in [4.78, 5) is 11.9. The Morgan fingerprint density at radius 2 is 1.92 bits per heavy atom. The molecule has 0 aliphatic carbocycles. The standard InChI is InChI=1S/C15H9ClN4O4/c16-10-5-2-1-4-9(10)13-18-17-12(23-13)8-20-15(21)24-14(19-20)11-6-3-7-22-11/h1-7H,8H2. The van der Waals surface area contributed by atoms with Crippen LogP contribution in [0.3, 0.4) is 0 Å². The fraction of sp³-hybridized carbons (Fsp3) is 0.0667. The zero-order valence-electron chi connectivity index (χ0n) is 12.0. The Labute approximate surface area is 139 Å². The number of aromatic nitrogens is 4. The fourth-order valence-corrected chi connectivity index (χ4v) is 2.31. The molecule has 9 heteroatoms. The molecule has 4 aromatic rings. The molecule has 0 saturated carbocycles. The minimum absolute atomic E-state index is 0.0273. The summed E-state index contributed by atoms with van der Waals surface area (Å²) < 4.78 is 16.8. The van der Waals surface area contributed by atoms with Gasteiger partial charge in [-0.15, -0.1) is 15.3 Å². The zero-order valence-corrected chi connectivity index (χ0v) is 12.8. The quantitative estimate of drug-likeness (QED) is 0.561. The summed E-state index contributed by atoms with van der Waals surface area (Å²) in [7, 11) is 0. The van der Waals surface area contributed by atoms with Crippen molar-refractivity contribution in [3.05, 3.63) is 64.1 Å². The van der Waals surface area contributed by atoms with E-state index in [9.17, 15) is 4.79 Å². The highest BCUT2D eigenvalue weighted by Gasteiger charge is 2.16. The lowest BCUT2D eigenvalue weighted by atomic mass is 10.2. The third-order valence-corrected chi connectivity index (χ3v) is 3.52. The molecule has 4 rings (SSSR count). The highest BCUT2D eigenvalue weighted by Crippen LogP contribution is 2.26. The summed E-state index contributed by atoms with van der Waals surface area (Å²) in [5.41, 5.74) is 0.613. The van der Waals surface area contributed by atoms with Gasteiger partial charge in [-0.25, -0.2) is 4.79 Å². The molecule has 0 amide bonds. The van der Waals surface area contributed by atoms with Gasteiger partial charge in [0, 0.05) is 0 Å². The van der Waals surface area contributed by atoms with Gasteiger partial charge < -0.3 is 13.3 Å². The van der Waals surface area contributed by atoms with E-state index < -0.39 is 5.76 Å². The highest BCUT2D eigenvalue weighted by atomic mass is 35.5. The molecule has 24 heavy (non-hydrogen) atoms. The van der Waals surface area contributed by atoms with Crippen LogP contribution in [0.15, 0.2) is 60.7 Å². The average molecular weight is 345 g/mol. The minimum atomic E-state index is -0.654. The molecule has 0 saturated heterocycles. The monoisotopic (exact) mass is 344 g/mol. The van der Waals surface area contributed by atoms with Crippen LogP contribution in [-0.4, -0.2) is 20.0 Å². The Balaban J connectivity index is 1.61. The van der Waals surface area contributed by atoms with Crippen LogP contribution in [-0.2, 0) is 6.54 Å². The van der Waals surface area contributed by atoms with E-state index in [0.717, 1.165) is 4.68 Å². The number of halogens is 1. The molecule has 1 aromatic carbocycles. The van der Waals surface area contributed by atoms with Crippen LogP contribution in [0, 0.1) is 0 Å². The van der Waals surface area contributed by atoms with Crippen molar-refractivity contribution in [3.63, 3.8) is 0 Å². The Hall–Kier alpha value is -3.13. The molecule has 0 aliphatic heterocycles. The molecule has 0 spiro atoms. The largest absolute Gasteiger partial charge is 0.459 e. The second-order valence-corrected chi connectivity index (χ2v) is 5.20. The van der Waals surface area contributed by atoms with E-state index in [2.05, 4.69) is 15.3 Å². The molecule has 0 radical (unpaired) electrons. The van der Waals surface area contributed by atoms with Crippen molar-refractivity contribution in [2.24, 2.45) is 0 Å². The van der Waals surface area contributed by atoms with Gasteiger partial charge in [-0.05, 0) is 24.3 Å². The van der Waals surface area contributed by atoms with Crippen LogP contribution in [0.25, 0.3) is 23.1 Å². The van der Waals surface area contributed by atoms with E-state index in [1.807, 2.05) is 6.07 Å². The van der Waals surface area contributed by atoms with Gasteiger partial charge in [0.2, 0.25) is 11.8 Å². The molecular formula is C15H9ClN4O4. The number of hydrogen-bond donors (Lipinski definition) is 0. The summed E-state index contributed by atoms with van der Waals surface area (Å²) in [5.74, 6) is 0.243. The van der Waals surface area contributed by atoms with E-state index >= 15 is 0 Å². The fourth-order valence-electron chi connectivity index (χ4n) is 2.10. The Bertz CT molecular complexity index is 1030. The molecule has 0 fully saturated rings. The maximum absolute atomic E-state index is 11.9. The van der Waals surface area contributed by atoms with Gasteiger partial charge >= 0.3 is 5.76 Å². The van der Waals surface area contributed by atoms with Gasteiger partial charge in [0.15, 0.2) is 5.76 Å².